The normalized spacial score (nSPS) is 13.3. The highest BCUT2D eigenvalue weighted by Gasteiger charge is 2.30. The third kappa shape index (κ3) is 7.96. The molecule has 0 fully saturated rings. The Morgan fingerprint density at radius 2 is 1.68 bits per heavy atom. The summed E-state index contributed by atoms with van der Waals surface area (Å²) < 4.78 is 82.4. The zero-order valence-corrected chi connectivity index (χ0v) is 13.0. The number of carbonyl (C=O) groups is 1. The molecule has 1 amide bonds. The highest BCUT2D eigenvalue weighted by atomic mass is 19.4. The average Bonchev–Trinajstić information content (AvgIpc) is 2.49. The van der Waals surface area contributed by atoms with Crippen LogP contribution in [-0.2, 0) is 0 Å². The molecule has 1 atom stereocenters. The molecule has 0 radical (unpaired) electrons. The molecule has 0 saturated heterocycles. The van der Waals surface area contributed by atoms with Crippen molar-refractivity contribution in [2.24, 2.45) is 5.73 Å². The van der Waals surface area contributed by atoms with Gasteiger partial charge in [-0.3, -0.25) is 4.79 Å². The SMILES string of the molecule is C[C@@H](CN)NC(=O)c1cc(OCC(F)(F)F)ccc1OCC(F)(F)F. The topological polar surface area (TPSA) is 73.6 Å². The van der Waals surface area contributed by atoms with Crippen LogP contribution in [0.4, 0.5) is 26.3 Å². The summed E-state index contributed by atoms with van der Waals surface area (Å²) in [6.07, 6.45) is -9.26. The van der Waals surface area contributed by atoms with Gasteiger partial charge in [0, 0.05) is 12.6 Å². The van der Waals surface area contributed by atoms with Gasteiger partial charge >= 0.3 is 12.4 Å². The van der Waals surface area contributed by atoms with Gasteiger partial charge in [0.15, 0.2) is 13.2 Å². The Hall–Kier alpha value is -2.17. The quantitative estimate of drug-likeness (QED) is 0.720. The maximum atomic E-state index is 12.3. The van der Waals surface area contributed by atoms with Crippen molar-refractivity contribution in [2.75, 3.05) is 19.8 Å². The monoisotopic (exact) mass is 374 g/mol. The van der Waals surface area contributed by atoms with E-state index >= 15 is 0 Å². The minimum Gasteiger partial charge on any atom is -0.484 e. The van der Waals surface area contributed by atoms with Gasteiger partial charge in [-0.2, -0.15) is 26.3 Å². The van der Waals surface area contributed by atoms with Crippen LogP contribution in [0.2, 0.25) is 0 Å². The maximum Gasteiger partial charge on any atom is 0.422 e. The summed E-state index contributed by atoms with van der Waals surface area (Å²) in [5.41, 5.74) is 4.93. The second kappa shape index (κ2) is 8.28. The van der Waals surface area contributed by atoms with E-state index in [4.69, 9.17) is 5.73 Å². The molecule has 11 heteroatoms. The lowest BCUT2D eigenvalue weighted by atomic mass is 10.1. The summed E-state index contributed by atoms with van der Waals surface area (Å²) in [5, 5.41) is 2.38. The Kier molecular flexibility index (Phi) is 6.91. The Bertz CT molecular complexity index is 589. The molecule has 5 nitrogen and oxygen atoms in total. The van der Waals surface area contributed by atoms with Crippen LogP contribution in [0.25, 0.3) is 0 Å². The van der Waals surface area contributed by atoms with Gasteiger partial charge in [-0.25, -0.2) is 0 Å². The lowest BCUT2D eigenvalue weighted by Gasteiger charge is -2.17. The molecule has 1 aromatic rings. The first-order chi connectivity index (χ1) is 11.4. The molecule has 0 aromatic heterocycles. The Labute approximate surface area is 139 Å². The number of amides is 1. The van der Waals surface area contributed by atoms with Crippen molar-refractivity contribution in [3.8, 4) is 11.5 Å². The summed E-state index contributed by atoms with van der Waals surface area (Å²) in [6.45, 7) is -1.69. The van der Waals surface area contributed by atoms with Crippen LogP contribution in [0, 0.1) is 0 Å². The van der Waals surface area contributed by atoms with E-state index in [1.807, 2.05) is 0 Å². The van der Waals surface area contributed by atoms with E-state index in [-0.39, 0.29) is 12.3 Å². The van der Waals surface area contributed by atoms with Crippen molar-refractivity contribution in [2.45, 2.75) is 25.3 Å². The molecule has 0 spiro atoms. The fraction of sp³-hybridized carbons (Fsp3) is 0.500. The smallest absolute Gasteiger partial charge is 0.422 e. The van der Waals surface area contributed by atoms with Crippen LogP contribution in [0.3, 0.4) is 0 Å². The fourth-order valence-electron chi connectivity index (χ4n) is 1.59. The molecular weight excluding hydrogens is 358 g/mol. The molecule has 25 heavy (non-hydrogen) atoms. The first-order valence-electron chi connectivity index (χ1n) is 6.95. The number of halogens is 6. The molecule has 0 aliphatic carbocycles. The fourth-order valence-corrected chi connectivity index (χ4v) is 1.59. The average molecular weight is 374 g/mol. The molecule has 0 aliphatic rings. The van der Waals surface area contributed by atoms with Gasteiger partial charge in [0.1, 0.15) is 11.5 Å². The third-order valence-corrected chi connectivity index (χ3v) is 2.72. The van der Waals surface area contributed by atoms with Gasteiger partial charge in [-0.15, -0.1) is 0 Å². The van der Waals surface area contributed by atoms with E-state index < -0.39 is 48.8 Å². The number of hydrogen-bond donors (Lipinski definition) is 2. The zero-order chi connectivity index (χ0) is 19.3. The number of nitrogens with one attached hydrogen (secondary N) is 1. The van der Waals surface area contributed by atoms with E-state index in [1.165, 1.54) is 6.92 Å². The van der Waals surface area contributed by atoms with Crippen molar-refractivity contribution in [1.82, 2.24) is 5.32 Å². The Morgan fingerprint density at radius 3 is 2.20 bits per heavy atom. The number of carbonyl (C=O) groups excluding carboxylic acids is 1. The van der Waals surface area contributed by atoms with Crippen LogP contribution in [0.1, 0.15) is 17.3 Å². The summed E-state index contributed by atoms with van der Waals surface area (Å²) >= 11 is 0. The van der Waals surface area contributed by atoms with Gasteiger partial charge in [0.25, 0.3) is 5.91 Å². The molecule has 0 saturated carbocycles. The molecule has 0 bridgehead atoms. The number of alkyl halides is 6. The predicted molar refractivity (Wildman–Crippen MR) is 75.5 cm³/mol. The van der Waals surface area contributed by atoms with Crippen molar-refractivity contribution in [3.63, 3.8) is 0 Å². The van der Waals surface area contributed by atoms with Crippen molar-refractivity contribution in [1.29, 1.82) is 0 Å². The van der Waals surface area contributed by atoms with Gasteiger partial charge < -0.3 is 20.5 Å². The van der Waals surface area contributed by atoms with Gasteiger partial charge in [-0.1, -0.05) is 0 Å². The Balaban J connectivity index is 3.03. The van der Waals surface area contributed by atoms with Crippen LogP contribution >= 0.6 is 0 Å². The van der Waals surface area contributed by atoms with E-state index in [1.54, 1.807) is 0 Å². The van der Waals surface area contributed by atoms with Crippen LogP contribution in [-0.4, -0.2) is 44.1 Å². The molecule has 1 aromatic carbocycles. The standard InChI is InChI=1S/C14H16F6N2O3/c1-8(5-21)22-12(23)10-4-9(24-6-13(15,16)17)2-3-11(10)25-7-14(18,19)20/h2-4,8H,5-7,21H2,1H3,(H,22,23)/t8-/m0/s1. The summed E-state index contributed by atoms with van der Waals surface area (Å²) in [5.74, 6) is -1.65. The molecule has 0 heterocycles. The van der Waals surface area contributed by atoms with Crippen LogP contribution < -0.4 is 20.5 Å². The molecule has 0 aliphatic heterocycles. The maximum absolute atomic E-state index is 12.3. The highest BCUT2D eigenvalue weighted by Crippen LogP contribution is 2.27. The van der Waals surface area contributed by atoms with E-state index in [0.717, 1.165) is 18.2 Å². The summed E-state index contributed by atoms with van der Waals surface area (Å²) in [7, 11) is 0. The number of hydrogen-bond acceptors (Lipinski definition) is 4. The Morgan fingerprint density at radius 1 is 1.12 bits per heavy atom. The molecule has 3 N–H and O–H groups in total. The number of benzene rings is 1. The zero-order valence-electron chi connectivity index (χ0n) is 13.0. The molecular formula is C14H16F6N2O3. The largest absolute Gasteiger partial charge is 0.484 e. The second-order valence-electron chi connectivity index (χ2n) is 5.08. The van der Waals surface area contributed by atoms with E-state index in [9.17, 15) is 31.1 Å². The minimum absolute atomic E-state index is 0.0503. The van der Waals surface area contributed by atoms with Gasteiger partial charge in [-0.05, 0) is 25.1 Å². The predicted octanol–water partition coefficient (Wildman–Crippen LogP) is 2.65. The first kappa shape index (κ1) is 20.9. The highest BCUT2D eigenvalue weighted by molar-refractivity contribution is 5.97. The van der Waals surface area contributed by atoms with Crippen molar-refractivity contribution < 1.29 is 40.6 Å². The van der Waals surface area contributed by atoms with Gasteiger partial charge in [0.2, 0.25) is 0 Å². The van der Waals surface area contributed by atoms with E-state index in [0.29, 0.717) is 0 Å². The molecule has 1 rings (SSSR count). The minimum atomic E-state index is -4.65. The number of rotatable bonds is 7. The lowest BCUT2D eigenvalue weighted by molar-refractivity contribution is -0.154. The first-order valence-corrected chi connectivity index (χ1v) is 6.95. The van der Waals surface area contributed by atoms with Crippen LogP contribution in [0.15, 0.2) is 18.2 Å². The van der Waals surface area contributed by atoms with Crippen LogP contribution in [0.5, 0.6) is 11.5 Å². The van der Waals surface area contributed by atoms with E-state index in [2.05, 4.69) is 14.8 Å². The molecule has 0 unspecified atom stereocenters. The second-order valence-corrected chi connectivity index (χ2v) is 5.08. The lowest BCUT2D eigenvalue weighted by Crippen LogP contribution is -2.38. The number of nitrogens with two attached hydrogens (primary N) is 1. The number of ether oxygens (including phenoxy) is 2. The summed E-state index contributed by atoms with van der Waals surface area (Å²) in [6, 6.07) is 2.26. The summed E-state index contributed by atoms with van der Waals surface area (Å²) in [4.78, 5) is 12.1. The molecule has 142 valence electrons. The third-order valence-electron chi connectivity index (χ3n) is 2.72. The van der Waals surface area contributed by atoms with Crippen molar-refractivity contribution >= 4 is 5.91 Å². The van der Waals surface area contributed by atoms with Crippen molar-refractivity contribution in [3.05, 3.63) is 23.8 Å². The van der Waals surface area contributed by atoms with Gasteiger partial charge in [0.05, 0.1) is 5.56 Å².